The van der Waals surface area contributed by atoms with Crippen LogP contribution in [0.15, 0.2) is 24.3 Å². The zero-order valence-electron chi connectivity index (χ0n) is 12.3. The number of benzene rings is 1. The van der Waals surface area contributed by atoms with Crippen molar-refractivity contribution in [3.05, 3.63) is 29.8 Å². The van der Waals surface area contributed by atoms with Crippen LogP contribution in [0.25, 0.3) is 0 Å². The van der Waals surface area contributed by atoms with Gasteiger partial charge in [-0.05, 0) is 32.9 Å². The largest absolute Gasteiger partial charge is 0.484 e. The van der Waals surface area contributed by atoms with E-state index < -0.39 is 0 Å². The molecule has 0 bridgehead atoms. The SMILES string of the molecule is CCN(CC)C(=O)CNC(=O)COc1ccc(C)cc1. The number of aryl methyl sites for hydroxylation is 1. The number of carbonyl (C=O) groups excluding carboxylic acids is 2. The Kier molecular flexibility index (Phi) is 6.56. The Labute approximate surface area is 119 Å². The highest BCUT2D eigenvalue weighted by Gasteiger charge is 2.11. The molecule has 1 aromatic carbocycles. The average molecular weight is 278 g/mol. The van der Waals surface area contributed by atoms with Crippen molar-refractivity contribution in [2.45, 2.75) is 20.8 Å². The van der Waals surface area contributed by atoms with Gasteiger partial charge in [-0.3, -0.25) is 9.59 Å². The summed E-state index contributed by atoms with van der Waals surface area (Å²) in [5.74, 6) is 0.255. The van der Waals surface area contributed by atoms with Gasteiger partial charge < -0.3 is 15.0 Å². The highest BCUT2D eigenvalue weighted by atomic mass is 16.5. The third kappa shape index (κ3) is 5.30. The molecular weight excluding hydrogens is 256 g/mol. The van der Waals surface area contributed by atoms with E-state index in [1.165, 1.54) is 0 Å². The third-order valence-corrected chi connectivity index (χ3v) is 2.94. The second-order valence-electron chi connectivity index (χ2n) is 4.44. The van der Waals surface area contributed by atoms with Gasteiger partial charge >= 0.3 is 0 Å². The van der Waals surface area contributed by atoms with Crippen LogP contribution in [0, 0.1) is 6.92 Å². The molecule has 1 aromatic rings. The molecule has 0 unspecified atom stereocenters. The molecule has 0 heterocycles. The number of carbonyl (C=O) groups is 2. The lowest BCUT2D eigenvalue weighted by atomic mass is 10.2. The Morgan fingerprint density at radius 1 is 1.15 bits per heavy atom. The second-order valence-corrected chi connectivity index (χ2v) is 4.44. The van der Waals surface area contributed by atoms with Crippen LogP contribution < -0.4 is 10.1 Å². The maximum absolute atomic E-state index is 11.7. The number of hydrogen-bond donors (Lipinski definition) is 1. The van der Waals surface area contributed by atoms with Gasteiger partial charge in [0.15, 0.2) is 6.61 Å². The standard InChI is InChI=1S/C15H22N2O3/c1-4-17(5-2)15(19)10-16-14(18)11-20-13-8-6-12(3)7-9-13/h6-9H,4-5,10-11H2,1-3H3,(H,16,18). The van der Waals surface area contributed by atoms with Gasteiger partial charge in [0, 0.05) is 13.1 Å². The van der Waals surface area contributed by atoms with Crippen molar-refractivity contribution < 1.29 is 14.3 Å². The number of amides is 2. The maximum atomic E-state index is 11.7. The predicted octanol–water partition coefficient (Wildman–Crippen LogP) is 1.36. The minimum absolute atomic E-state index is 0.0117. The van der Waals surface area contributed by atoms with E-state index in [0.717, 1.165) is 5.56 Å². The topological polar surface area (TPSA) is 58.6 Å². The third-order valence-electron chi connectivity index (χ3n) is 2.94. The summed E-state index contributed by atoms with van der Waals surface area (Å²) in [6.45, 7) is 7.01. The van der Waals surface area contributed by atoms with Gasteiger partial charge in [0.1, 0.15) is 5.75 Å². The van der Waals surface area contributed by atoms with Crippen LogP contribution in [-0.4, -0.2) is 43.0 Å². The van der Waals surface area contributed by atoms with Crippen LogP contribution in [-0.2, 0) is 9.59 Å². The monoisotopic (exact) mass is 278 g/mol. The highest BCUT2D eigenvalue weighted by Crippen LogP contribution is 2.10. The first-order valence-electron chi connectivity index (χ1n) is 6.80. The molecule has 1 N–H and O–H groups in total. The van der Waals surface area contributed by atoms with E-state index in [4.69, 9.17) is 4.74 Å². The van der Waals surface area contributed by atoms with E-state index in [1.54, 1.807) is 4.90 Å². The van der Waals surface area contributed by atoms with Crippen LogP contribution in [0.4, 0.5) is 0 Å². The molecule has 2 amide bonds. The minimum Gasteiger partial charge on any atom is -0.484 e. The molecule has 0 saturated heterocycles. The fourth-order valence-corrected chi connectivity index (χ4v) is 1.70. The van der Waals surface area contributed by atoms with Crippen LogP contribution in [0.1, 0.15) is 19.4 Å². The lowest BCUT2D eigenvalue weighted by molar-refractivity contribution is -0.133. The molecule has 110 valence electrons. The molecule has 0 radical (unpaired) electrons. The van der Waals surface area contributed by atoms with E-state index in [9.17, 15) is 9.59 Å². The van der Waals surface area contributed by atoms with E-state index in [1.807, 2.05) is 45.0 Å². The van der Waals surface area contributed by atoms with Gasteiger partial charge in [-0.25, -0.2) is 0 Å². The van der Waals surface area contributed by atoms with Crippen molar-refractivity contribution in [2.24, 2.45) is 0 Å². The van der Waals surface area contributed by atoms with Crippen molar-refractivity contribution in [1.29, 1.82) is 0 Å². The van der Waals surface area contributed by atoms with Gasteiger partial charge in [-0.1, -0.05) is 17.7 Å². The van der Waals surface area contributed by atoms with Crippen molar-refractivity contribution in [2.75, 3.05) is 26.2 Å². The van der Waals surface area contributed by atoms with Crippen LogP contribution in [0.3, 0.4) is 0 Å². The first-order valence-corrected chi connectivity index (χ1v) is 6.80. The molecule has 0 aliphatic heterocycles. The average Bonchev–Trinajstić information content (AvgIpc) is 2.45. The van der Waals surface area contributed by atoms with Crippen molar-refractivity contribution in [3.8, 4) is 5.75 Å². The Hall–Kier alpha value is -2.04. The number of rotatable bonds is 7. The number of ether oxygens (including phenoxy) is 1. The zero-order chi connectivity index (χ0) is 15.0. The molecule has 0 atom stereocenters. The normalized spacial score (nSPS) is 9.95. The zero-order valence-corrected chi connectivity index (χ0v) is 12.3. The fourth-order valence-electron chi connectivity index (χ4n) is 1.70. The van der Waals surface area contributed by atoms with Crippen molar-refractivity contribution in [3.63, 3.8) is 0 Å². The Bertz CT molecular complexity index is 439. The first-order chi connectivity index (χ1) is 9.56. The Morgan fingerprint density at radius 3 is 2.30 bits per heavy atom. The quantitative estimate of drug-likeness (QED) is 0.819. The summed E-state index contributed by atoms with van der Waals surface area (Å²) >= 11 is 0. The number of likely N-dealkylation sites (N-methyl/N-ethyl adjacent to an activating group) is 1. The molecule has 0 aliphatic carbocycles. The molecule has 5 nitrogen and oxygen atoms in total. The molecule has 5 heteroatoms. The summed E-state index contributed by atoms with van der Waals surface area (Å²) in [4.78, 5) is 24.9. The van der Waals surface area contributed by atoms with E-state index in [2.05, 4.69) is 5.32 Å². The Balaban J connectivity index is 2.30. The maximum Gasteiger partial charge on any atom is 0.258 e. The number of nitrogens with one attached hydrogen (secondary N) is 1. The van der Waals surface area contributed by atoms with Gasteiger partial charge in [0.2, 0.25) is 5.91 Å². The second kappa shape index (κ2) is 8.19. The molecule has 0 aromatic heterocycles. The lowest BCUT2D eigenvalue weighted by Crippen LogP contribution is -2.41. The summed E-state index contributed by atoms with van der Waals surface area (Å²) in [5, 5.41) is 2.56. The van der Waals surface area contributed by atoms with Crippen molar-refractivity contribution >= 4 is 11.8 Å². The minimum atomic E-state index is -0.300. The summed E-state index contributed by atoms with van der Waals surface area (Å²) in [6.07, 6.45) is 0. The summed E-state index contributed by atoms with van der Waals surface area (Å²) in [7, 11) is 0. The van der Waals surface area contributed by atoms with Crippen LogP contribution in [0.2, 0.25) is 0 Å². The van der Waals surface area contributed by atoms with E-state index in [-0.39, 0.29) is 25.0 Å². The number of hydrogen-bond acceptors (Lipinski definition) is 3. The highest BCUT2D eigenvalue weighted by molar-refractivity contribution is 5.85. The molecule has 0 fully saturated rings. The summed E-state index contributed by atoms with van der Waals surface area (Å²) in [5.41, 5.74) is 1.13. The summed E-state index contributed by atoms with van der Waals surface area (Å²) < 4.78 is 5.33. The van der Waals surface area contributed by atoms with E-state index in [0.29, 0.717) is 18.8 Å². The van der Waals surface area contributed by atoms with Gasteiger partial charge in [-0.15, -0.1) is 0 Å². The lowest BCUT2D eigenvalue weighted by Gasteiger charge is -2.18. The molecule has 0 spiro atoms. The molecule has 0 saturated carbocycles. The molecule has 20 heavy (non-hydrogen) atoms. The fraction of sp³-hybridized carbons (Fsp3) is 0.467. The van der Waals surface area contributed by atoms with Crippen LogP contribution in [0.5, 0.6) is 5.75 Å². The van der Waals surface area contributed by atoms with E-state index >= 15 is 0 Å². The smallest absolute Gasteiger partial charge is 0.258 e. The first kappa shape index (κ1) is 16.0. The Morgan fingerprint density at radius 2 is 1.75 bits per heavy atom. The molecule has 1 rings (SSSR count). The van der Waals surface area contributed by atoms with Gasteiger partial charge in [0.25, 0.3) is 5.91 Å². The van der Waals surface area contributed by atoms with Crippen molar-refractivity contribution in [1.82, 2.24) is 10.2 Å². The summed E-state index contributed by atoms with van der Waals surface area (Å²) in [6, 6.07) is 7.45. The predicted molar refractivity (Wildman–Crippen MR) is 77.6 cm³/mol. The van der Waals surface area contributed by atoms with Gasteiger partial charge in [-0.2, -0.15) is 0 Å². The van der Waals surface area contributed by atoms with Crippen LogP contribution >= 0.6 is 0 Å². The number of nitrogens with zero attached hydrogens (tertiary/aromatic N) is 1. The molecular formula is C15H22N2O3. The molecule has 0 aliphatic rings. The van der Waals surface area contributed by atoms with Gasteiger partial charge in [0.05, 0.1) is 6.54 Å².